The summed E-state index contributed by atoms with van der Waals surface area (Å²) in [5.41, 5.74) is 0.256. The predicted molar refractivity (Wildman–Crippen MR) is 46.9 cm³/mol. The summed E-state index contributed by atoms with van der Waals surface area (Å²) in [5, 5.41) is 10.4. The molecule has 2 amide bonds. The van der Waals surface area contributed by atoms with Gasteiger partial charge in [-0.1, -0.05) is 11.6 Å². The number of hydrogen-bond acceptors (Lipinski definition) is 2. The molecular weight excluding hydrogens is 194 g/mol. The largest absolute Gasteiger partial charge is 0.465 e. The van der Waals surface area contributed by atoms with Gasteiger partial charge < -0.3 is 5.11 Å². The van der Waals surface area contributed by atoms with Crippen molar-refractivity contribution in [1.29, 1.82) is 0 Å². The van der Waals surface area contributed by atoms with Gasteiger partial charge in [-0.05, 0) is 24.3 Å². The molecular formula is C8H6ClNO3. The fraction of sp³-hybridized carbons (Fsp3) is 0. The fourth-order valence-corrected chi connectivity index (χ4v) is 0.897. The van der Waals surface area contributed by atoms with Crippen LogP contribution in [0.1, 0.15) is 10.4 Å². The lowest BCUT2D eigenvalue weighted by atomic mass is 10.2. The number of carbonyl (C=O) groups is 2. The zero-order valence-corrected chi connectivity index (χ0v) is 7.21. The lowest BCUT2D eigenvalue weighted by molar-refractivity contribution is 0.0948. The number of imide groups is 1. The Morgan fingerprint density at radius 2 is 1.77 bits per heavy atom. The highest BCUT2D eigenvalue weighted by Gasteiger charge is 2.07. The maximum absolute atomic E-state index is 11.0. The first-order valence-corrected chi connectivity index (χ1v) is 3.77. The second-order valence-electron chi connectivity index (χ2n) is 2.27. The molecule has 0 aliphatic rings. The van der Waals surface area contributed by atoms with Gasteiger partial charge in [0.2, 0.25) is 0 Å². The number of carbonyl (C=O) groups excluding carboxylic acids is 1. The van der Waals surface area contributed by atoms with Crippen LogP contribution in [-0.4, -0.2) is 17.1 Å². The van der Waals surface area contributed by atoms with Gasteiger partial charge in [0.05, 0.1) is 0 Å². The molecule has 68 valence electrons. The molecule has 0 radical (unpaired) electrons. The van der Waals surface area contributed by atoms with Crippen LogP contribution in [0.2, 0.25) is 5.02 Å². The summed E-state index contributed by atoms with van der Waals surface area (Å²) in [7, 11) is 0. The van der Waals surface area contributed by atoms with Crippen LogP contribution >= 0.6 is 11.6 Å². The Bertz CT molecular complexity index is 334. The summed E-state index contributed by atoms with van der Waals surface area (Å²) in [5.74, 6) is -0.663. The Morgan fingerprint density at radius 3 is 2.23 bits per heavy atom. The van der Waals surface area contributed by atoms with E-state index in [2.05, 4.69) is 0 Å². The van der Waals surface area contributed by atoms with Crippen molar-refractivity contribution in [2.45, 2.75) is 0 Å². The van der Waals surface area contributed by atoms with E-state index in [1.807, 2.05) is 0 Å². The Kier molecular flexibility index (Phi) is 2.87. The molecule has 4 nitrogen and oxygen atoms in total. The van der Waals surface area contributed by atoms with Crippen molar-refractivity contribution in [1.82, 2.24) is 5.32 Å². The summed E-state index contributed by atoms with van der Waals surface area (Å²) >= 11 is 5.57. The Hall–Kier alpha value is -1.55. The van der Waals surface area contributed by atoms with Gasteiger partial charge in [-0.2, -0.15) is 0 Å². The van der Waals surface area contributed by atoms with Crippen LogP contribution in [0, 0.1) is 0 Å². The molecule has 2 N–H and O–H groups in total. The predicted octanol–water partition coefficient (Wildman–Crippen LogP) is 1.75. The number of halogens is 1. The van der Waals surface area contributed by atoms with Crippen molar-refractivity contribution in [2.24, 2.45) is 0 Å². The van der Waals surface area contributed by atoms with E-state index in [0.29, 0.717) is 5.02 Å². The van der Waals surface area contributed by atoms with Gasteiger partial charge in [0.25, 0.3) is 5.91 Å². The zero-order valence-electron chi connectivity index (χ0n) is 6.45. The van der Waals surface area contributed by atoms with Gasteiger partial charge in [-0.25, -0.2) is 4.79 Å². The molecule has 0 aliphatic carbocycles. The Balaban J connectivity index is 2.78. The summed E-state index contributed by atoms with van der Waals surface area (Å²) < 4.78 is 0. The second kappa shape index (κ2) is 3.91. The molecule has 0 atom stereocenters. The smallest absolute Gasteiger partial charge is 0.411 e. The number of rotatable bonds is 1. The van der Waals surface area contributed by atoms with E-state index in [0.717, 1.165) is 0 Å². The van der Waals surface area contributed by atoms with Gasteiger partial charge in [-0.15, -0.1) is 0 Å². The van der Waals surface area contributed by atoms with Crippen molar-refractivity contribution in [3.8, 4) is 0 Å². The van der Waals surface area contributed by atoms with Gasteiger partial charge >= 0.3 is 6.09 Å². The number of amides is 2. The Morgan fingerprint density at radius 1 is 1.23 bits per heavy atom. The normalized spacial score (nSPS) is 9.31. The van der Waals surface area contributed by atoms with Gasteiger partial charge in [0, 0.05) is 10.6 Å². The number of benzene rings is 1. The van der Waals surface area contributed by atoms with Crippen LogP contribution in [0.5, 0.6) is 0 Å². The SMILES string of the molecule is O=C(O)NC(=O)c1ccc(Cl)cc1. The lowest BCUT2D eigenvalue weighted by Crippen LogP contribution is -2.28. The summed E-state index contributed by atoms with van der Waals surface area (Å²) in [4.78, 5) is 21.1. The standard InChI is InChI=1S/C8H6ClNO3/c9-6-3-1-5(2-4-6)7(11)10-8(12)13/h1-4H,(H,10,11)(H,12,13). The second-order valence-corrected chi connectivity index (χ2v) is 2.70. The van der Waals surface area contributed by atoms with Gasteiger partial charge in [-0.3, -0.25) is 10.1 Å². The van der Waals surface area contributed by atoms with Crippen molar-refractivity contribution in [3.63, 3.8) is 0 Å². The third-order valence-electron chi connectivity index (χ3n) is 1.33. The summed E-state index contributed by atoms with van der Waals surface area (Å²) in [6, 6.07) is 5.91. The molecule has 1 aromatic carbocycles. The highest BCUT2D eigenvalue weighted by molar-refractivity contribution is 6.30. The molecule has 0 aliphatic heterocycles. The lowest BCUT2D eigenvalue weighted by Gasteiger charge is -1.98. The van der Waals surface area contributed by atoms with Gasteiger partial charge in [0.1, 0.15) is 0 Å². The third kappa shape index (κ3) is 2.76. The van der Waals surface area contributed by atoms with E-state index in [1.54, 1.807) is 5.32 Å². The van der Waals surface area contributed by atoms with E-state index in [1.165, 1.54) is 24.3 Å². The van der Waals surface area contributed by atoms with E-state index in [4.69, 9.17) is 16.7 Å². The van der Waals surface area contributed by atoms with E-state index >= 15 is 0 Å². The minimum absolute atomic E-state index is 0.256. The van der Waals surface area contributed by atoms with Crippen molar-refractivity contribution < 1.29 is 14.7 Å². The summed E-state index contributed by atoms with van der Waals surface area (Å²) in [6.07, 6.45) is -1.38. The van der Waals surface area contributed by atoms with E-state index in [-0.39, 0.29) is 5.56 Å². The van der Waals surface area contributed by atoms with Gasteiger partial charge in [0.15, 0.2) is 0 Å². The molecule has 0 unspecified atom stereocenters. The molecule has 1 rings (SSSR count). The monoisotopic (exact) mass is 199 g/mol. The average Bonchev–Trinajstić information content (AvgIpc) is 2.04. The third-order valence-corrected chi connectivity index (χ3v) is 1.58. The molecule has 0 saturated carbocycles. The van der Waals surface area contributed by atoms with E-state index in [9.17, 15) is 9.59 Å². The topological polar surface area (TPSA) is 66.4 Å². The maximum Gasteiger partial charge on any atom is 0.411 e. The average molecular weight is 200 g/mol. The van der Waals surface area contributed by atoms with E-state index < -0.39 is 12.0 Å². The highest BCUT2D eigenvalue weighted by atomic mass is 35.5. The minimum Gasteiger partial charge on any atom is -0.465 e. The van der Waals surface area contributed by atoms with Crippen molar-refractivity contribution in [3.05, 3.63) is 34.9 Å². The molecule has 0 bridgehead atoms. The van der Waals surface area contributed by atoms with Crippen LogP contribution in [0.25, 0.3) is 0 Å². The minimum atomic E-state index is -1.38. The number of carboxylic acid groups (broad SMARTS) is 1. The first-order valence-electron chi connectivity index (χ1n) is 3.39. The molecule has 5 heteroatoms. The Labute approximate surface area is 79.1 Å². The highest BCUT2D eigenvalue weighted by Crippen LogP contribution is 2.08. The van der Waals surface area contributed by atoms with Crippen LogP contribution < -0.4 is 5.32 Å². The molecule has 0 heterocycles. The number of hydrogen-bond donors (Lipinski definition) is 2. The van der Waals surface area contributed by atoms with Crippen LogP contribution in [0.3, 0.4) is 0 Å². The van der Waals surface area contributed by atoms with Crippen LogP contribution in [-0.2, 0) is 0 Å². The molecule has 0 saturated heterocycles. The number of nitrogens with one attached hydrogen (secondary N) is 1. The summed E-state index contributed by atoms with van der Waals surface area (Å²) in [6.45, 7) is 0. The fourth-order valence-electron chi connectivity index (χ4n) is 0.771. The molecule has 13 heavy (non-hydrogen) atoms. The molecule has 0 spiro atoms. The quantitative estimate of drug-likeness (QED) is 0.724. The molecule has 0 aromatic heterocycles. The van der Waals surface area contributed by atoms with Crippen molar-refractivity contribution in [2.75, 3.05) is 0 Å². The maximum atomic E-state index is 11.0. The first-order chi connectivity index (χ1) is 6.09. The molecule has 0 fully saturated rings. The van der Waals surface area contributed by atoms with Crippen LogP contribution in [0.15, 0.2) is 24.3 Å². The first kappa shape index (κ1) is 9.54. The van der Waals surface area contributed by atoms with Crippen LogP contribution in [0.4, 0.5) is 4.79 Å². The zero-order chi connectivity index (χ0) is 9.84. The molecule has 1 aromatic rings. The van der Waals surface area contributed by atoms with Crippen molar-refractivity contribution >= 4 is 23.6 Å².